The van der Waals surface area contributed by atoms with Gasteiger partial charge in [0.2, 0.25) is 11.8 Å². The largest absolute Gasteiger partial charge is 0.494 e. The predicted molar refractivity (Wildman–Crippen MR) is 181 cm³/mol. The molecular formula is C36H41N3O7S. The third-order valence-electron chi connectivity index (χ3n) is 7.65. The smallest absolute Gasteiger partial charge is 0.264 e. The van der Waals surface area contributed by atoms with Crippen molar-refractivity contribution in [1.82, 2.24) is 10.2 Å². The van der Waals surface area contributed by atoms with Gasteiger partial charge >= 0.3 is 0 Å². The Morgan fingerprint density at radius 3 is 2.09 bits per heavy atom. The third kappa shape index (κ3) is 8.62. The van der Waals surface area contributed by atoms with Gasteiger partial charge in [-0.15, -0.1) is 0 Å². The number of nitrogens with zero attached hydrogens (tertiary/aromatic N) is 2. The minimum Gasteiger partial charge on any atom is -0.494 e. The summed E-state index contributed by atoms with van der Waals surface area (Å²) in [7, 11) is 0.0406. The Labute approximate surface area is 276 Å². The highest BCUT2D eigenvalue weighted by Gasteiger charge is 2.34. The first-order valence-corrected chi connectivity index (χ1v) is 16.6. The summed E-state index contributed by atoms with van der Waals surface area (Å²) < 4.78 is 46.0. The van der Waals surface area contributed by atoms with E-state index in [1.165, 1.54) is 44.4 Å². The van der Waals surface area contributed by atoms with Gasteiger partial charge in [-0.25, -0.2) is 8.42 Å². The molecule has 0 fully saturated rings. The number of hydrogen-bond acceptors (Lipinski definition) is 7. The second kappa shape index (κ2) is 16.0. The Balaban J connectivity index is 1.81. The number of hydrogen-bond donors (Lipinski definition) is 1. The molecule has 47 heavy (non-hydrogen) atoms. The fraction of sp³-hybridized carbons (Fsp3) is 0.278. The van der Waals surface area contributed by atoms with Gasteiger partial charge in [-0.1, -0.05) is 60.2 Å². The molecule has 0 heterocycles. The van der Waals surface area contributed by atoms with Gasteiger partial charge in [-0.2, -0.15) is 0 Å². The Morgan fingerprint density at radius 1 is 0.830 bits per heavy atom. The molecule has 0 aromatic heterocycles. The monoisotopic (exact) mass is 659 g/mol. The lowest BCUT2D eigenvalue weighted by Crippen LogP contribution is -2.53. The van der Waals surface area contributed by atoms with Crippen LogP contribution in [0, 0.1) is 6.92 Å². The van der Waals surface area contributed by atoms with E-state index < -0.39 is 28.5 Å². The van der Waals surface area contributed by atoms with E-state index in [1.54, 1.807) is 24.3 Å². The highest BCUT2D eigenvalue weighted by molar-refractivity contribution is 7.92. The number of benzene rings is 4. The van der Waals surface area contributed by atoms with Crippen LogP contribution < -0.4 is 23.8 Å². The van der Waals surface area contributed by atoms with E-state index in [9.17, 15) is 18.0 Å². The molecule has 0 radical (unpaired) electrons. The Kier molecular flexibility index (Phi) is 11.9. The topological polar surface area (TPSA) is 114 Å². The fourth-order valence-electron chi connectivity index (χ4n) is 5.12. The van der Waals surface area contributed by atoms with Gasteiger partial charge in [-0.3, -0.25) is 13.9 Å². The molecule has 0 saturated heterocycles. The van der Waals surface area contributed by atoms with Crippen LogP contribution in [0.1, 0.15) is 23.6 Å². The number of carbonyl (C=O) groups is 2. The molecule has 2 amide bonds. The molecule has 0 bridgehead atoms. The van der Waals surface area contributed by atoms with E-state index in [0.717, 1.165) is 21.0 Å². The second-order valence-electron chi connectivity index (χ2n) is 10.8. The average Bonchev–Trinajstić information content (AvgIpc) is 3.09. The number of carbonyl (C=O) groups excluding carboxylic acids is 2. The highest BCUT2D eigenvalue weighted by atomic mass is 32.2. The van der Waals surface area contributed by atoms with Crippen LogP contribution in [-0.2, 0) is 32.6 Å². The Hall–Kier alpha value is -5.03. The number of nitrogens with one attached hydrogen (secondary N) is 1. The molecule has 10 nitrogen and oxygen atoms in total. The summed E-state index contributed by atoms with van der Waals surface area (Å²) in [6.45, 7) is 3.74. The zero-order valence-corrected chi connectivity index (χ0v) is 28.1. The quantitative estimate of drug-likeness (QED) is 0.191. The summed E-state index contributed by atoms with van der Waals surface area (Å²) in [5.41, 5.74) is 2.93. The van der Waals surface area contributed by atoms with Crippen molar-refractivity contribution in [3.63, 3.8) is 0 Å². The average molecular weight is 660 g/mol. The number of amides is 2. The molecule has 1 N–H and O–H groups in total. The van der Waals surface area contributed by atoms with Gasteiger partial charge in [0.1, 0.15) is 18.3 Å². The number of anilines is 1. The van der Waals surface area contributed by atoms with Crippen molar-refractivity contribution >= 4 is 27.5 Å². The normalized spacial score (nSPS) is 11.7. The first kappa shape index (κ1) is 34.8. The van der Waals surface area contributed by atoms with E-state index in [4.69, 9.17) is 14.2 Å². The molecule has 0 aliphatic heterocycles. The first-order chi connectivity index (χ1) is 22.6. The van der Waals surface area contributed by atoms with Gasteiger partial charge < -0.3 is 24.4 Å². The van der Waals surface area contributed by atoms with Gasteiger partial charge in [0, 0.05) is 26.1 Å². The van der Waals surface area contributed by atoms with Crippen molar-refractivity contribution in [2.45, 2.75) is 37.8 Å². The standard InChI is InChI=1S/C36H41N3O7S/c1-6-46-30-18-16-29(17-19-30)39(47(42,43)31-20-21-33(44-4)34(23-31)45-5)25-35(40)38(24-28-14-12-26(2)13-15-28)32(36(41)37-3)22-27-10-8-7-9-11-27/h7-21,23,32H,6,22,24-25H2,1-5H3,(H,37,41). The molecule has 4 aromatic rings. The van der Waals surface area contributed by atoms with Crippen molar-refractivity contribution in [1.29, 1.82) is 0 Å². The number of rotatable bonds is 15. The molecule has 0 aliphatic carbocycles. The summed E-state index contributed by atoms with van der Waals surface area (Å²) in [5.74, 6) is 0.191. The third-order valence-corrected chi connectivity index (χ3v) is 9.42. The van der Waals surface area contributed by atoms with Crippen LogP contribution in [0.3, 0.4) is 0 Å². The van der Waals surface area contributed by atoms with Crippen molar-refractivity contribution in [2.24, 2.45) is 0 Å². The molecule has 4 aromatic carbocycles. The summed E-state index contributed by atoms with van der Waals surface area (Å²) >= 11 is 0. The lowest BCUT2D eigenvalue weighted by Gasteiger charge is -2.33. The van der Waals surface area contributed by atoms with E-state index in [2.05, 4.69) is 5.32 Å². The van der Waals surface area contributed by atoms with Crippen LogP contribution in [0.5, 0.6) is 17.2 Å². The Morgan fingerprint density at radius 2 is 1.49 bits per heavy atom. The van der Waals surface area contributed by atoms with Crippen molar-refractivity contribution in [3.05, 3.63) is 114 Å². The summed E-state index contributed by atoms with van der Waals surface area (Å²) in [5, 5.41) is 2.69. The molecule has 0 spiro atoms. The van der Waals surface area contributed by atoms with E-state index in [0.29, 0.717) is 18.1 Å². The van der Waals surface area contributed by atoms with Crippen molar-refractivity contribution in [2.75, 3.05) is 38.7 Å². The molecule has 1 atom stereocenters. The minimum atomic E-state index is -4.35. The molecule has 11 heteroatoms. The summed E-state index contributed by atoms with van der Waals surface area (Å²) in [6, 6.07) is 26.8. The first-order valence-electron chi connectivity index (χ1n) is 15.2. The van der Waals surface area contributed by atoms with Gasteiger partial charge in [-0.05, 0) is 61.4 Å². The lowest BCUT2D eigenvalue weighted by atomic mass is 10.0. The van der Waals surface area contributed by atoms with Gasteiger partial charge in [0.15, 0.2) is 11.5 Å². The van der Waals surface area contributed by atoms with Gasteiger partial charge in [0.25, 0.3) is 10.0 Å². The zero-order chi connectivity index (χ0) is 34.0. The number of methoxy groups -OCH3 is 2. The van der Waals surface area contributed by atoms with E-state index in [1.807, 2.05) is 68.4 Å². The van der Waals surface area contributed by atoms with Crippen molar-refractivity contribution < 1.29 is 32.2 Å². The zero-order valence-electron chi connectivity index (χ0n) is 27.3. The molecule has 1 unspecified atom stereocenters. The van der Waals surface area contributed by atoms with Crippen LogP contribution in [0.4, 0.5) is 5.69 Å². The molecule has 4 rings (SSSR count). The number of likely N-dealkylation sites (N-methyl/N-ethyl adjacent to an activating group) is 1. The fourth-order valence-corrected chi connectivity index (χ4v) is 6.55. The SMILES string of the molecule is CCOc1ccc(N(CC(=O)N(Cc2ccc(C)cc2)C(Cc2ccccc2)C(=O)NC)S(=O)(=O)c2ccc(OC)c(OC)c2)cc1. The minimum absolute atomic E-state index is 0.0809. The van der Waals surface area contributed by atoms with Crippen LogP contribution >= 0.6 is 0 Å². The summed E-state index contributed by atoms with van der Waals surface area (Å²) in [6.07, 6.45) is 0.226. The molecule has 248 valence electrons. The van der Waals surface area contributed by atoms with E-state index >= 15 is 0 Å². The molecular weight excluding hydrogens is 618 g/mol. The predicted octanol–water partition coefficient (Wildman–Crippen LogP) is 4.99. The number of ether oxygens (including phenoxy) is 3. The maximum atomic E-state index is 14.5. The Bertz CT molecular complexity index is 1750. The van der Waals surface area contributed by atoms with Gasteiger partial charge in [0.05, 0.1) is 31.4 Å². The number of aryl methyl sites for hydroxylation is 1. The van der Waals surface area contributed by atoms with E-state index in [-0.39, 0.29) is 35.2 Å². The van der Waals surface area contributed by atoms with Crippen LogP contribution in [-0.4, -0.2) is 65.6 Å². The van der Waals surface area contributed by atoms with Crippen LogP contribution in [0.15, 0.2) is 102 Å². The molecule has 0 aliphatic rings. The van der Waals surface area contributed by atoms with Crippen LogP contribution in [0.25, 0.3) is 0 Å². The maximum Gasteiger partial charge on any atom is 0.264 e. The van der Waals surface area contributed by atoms with Crippen molar-refractivity contribution in [3.8, 4) is 17.2 Å². The highest BCUT2D eigenvalue weighted by Crippen LogP contribution is 2.33. The number of sulfonamides is 1. The lowest BCUT2D eigenvalue weighted by molar-refractivity contribution is -0.139. The molecule has 0 saturated carbocycles. The second-order valence-corrected chi connectivity index (χ2v) is 12.6. The maximum absolute atomic E-state index is 14.5. The summed E-state index contributed by atoms with van der Waals surface area (Å²) in [4.78, 5) is 29.3. The van der Waals surface area contributed by atoms with Crippen LogP contribution in [0.2, 0.25) is 0 Å².